The zero-order chi connectivity index (χ0) is 27.4. The summed E-state index contributed by atoms with van der Waals surface area (Å²) in [5.41, 5.74) is 3.05. The highest BCUT2D eigenvalue weighted by Gasteiger charge is 2.54. The van der Waals surface area contributed by atoms with Crippen molar-refractivity contribution in [3.63, 3.8) is 0 Å². The number of likely N-dealkylation sites (tertiary alicyclic amines) is 1. The van der Waals surface area contributed by atoms with Crippen LogP contribution < -0.4 is 10.2 Å². The van der Waals surface area contributed by atoms with Gasteiger partial charge in [-0.15, -0.1) is 0 Å². The van der Waals surface area contributed by atoms with Gasteiger partial charge < -0.3 is 20.0 Å². The van der Waals surface area contributed by atoms with Gasteiger partial charge in [0.15, 0.2) is 0 Å². The Morgan fingerprint density at radius 2 is 1.51 bits per heavy atom. The maximum atomic E-state index is 14.0. The Morgan fingerprint density at radius 3 is 2.13 bits per heavy atom. The van der Waals surface area contributed by atoms with E-state index in [0.717, 1.165) is 17.7 Å². The molecule has 39 heavy (non-hydrogen) atoms. The number of para-hydroxylation sites is 1. The van der Waals surface area contributed by atoms with Crippen molar-refractivity contribution in [1.82, 2.24) is 15.1 Å². The van der Waals surface area contributed by atoms with E-state index in [1.54, 1.807) is 4.90 Å². The first-order valence-electron chi connectivity index (χ1n) is 13.8. The fourth-order valence-electron chi connectivity index (χ4n) is 5.75. The lowest BCUT2D eigenvalue weighted by Crippen LogP contribution is -2.57. The molecule has 0 radical (unpaired) electrons. The smallest absolute Gasteiger partial charge is 0.253 e. The van der Waals surface area contributed by atoms with Gasteiger partial charge in [-0.25, -0.2) is 0 Å². The van der Waals surface area contributed by atoms with Crippen LogP contribution in [0.15, 0.2) is 84.9 Å². The average Bonchev–Trinajstić information content (AvgIpc) is 3.24. The number of amides is 3. The molecule has 5 rings (SSSR count). The first-order valence-corrected chi connectivity index (χ1v) is 13.8. The number of aryl methyl sites for hydroxylation is 1. The van der Waals surface area contributed by atoms with Crippen molar-refractivity contribution in [3.05, 3.63) is 102 Å². The van der Waals surface area contributed by atoms with Crippen molar-refractivity contribution < 1.29 is 14.4 Å². The zero-order valence-corrected chi connectivity index (χ0v) is 22.7. The van der Waals surface area contributed by atoms with Gasteiger partial charge in [0.2, 0.25) is 5.91 Å². The zero-order valence-electron chi connectivity index (χ0n) is 22.7. The monoisotopic (exact) mass is 524 g/mol. The van der Waals surface area contributed by atoms with Crippen LogP contribution in [-0.2, 0) is 16.0 Å². The van der Waals surface area contributed by atoms with Gasteiger partial charge in [-0.05, 0) is 61.6 Å². The normalized spacial score (nSPS) is 17.4. The fraction of sp³-hybridized carbons (Fsp3) is 0.344. The predicted molar refractivity (Wildman–Crippen MR) is 152 cm³/mol. The van der Waals surface area contributed by atoms with Gasteiger partial charge in [-0.1, -0.05) is 67.6 Å². The third kappa shape index (κ3) is 5.39. The summed E-state index contributed by atoms with van der Waals surface area (Å²) >= 11 is 0. The summed E-state index contributed by atoms with van der Waals surface area (Å²) < 4.78 is 0. The average molecular weight is 525 g/mol. The summed E-state index contributed by atoms with van der Waals surface area (Å²) in [7, 11) is 0. The van der Waals surface area contributed by atoms with E-state index in [1.165, 1.54) is 5.56 Å². The van der Waals surface area contributed by atoms with E-state index in [-0.39, 0.29) is 30.3 Å². The van der Waals surface area contributed by atoms with Crippen molar-refractivity contribution in [2.24, 2.45) is 0 Å². The molecule has 2 aliphatic heterocycles. The fourth-order valence-corrected chi connectivity index (χ4v) is 5.75. The van der Waals surface area contributed by atoms with Crippen molar-refractivity contribution in [2.45, 2.75) is 44.7 Å². The number of anilines is 1. The molecule has 1 atom stereocenters. The summed E-state index contributed by atoms with van der Waals surface area (Å²) in [5.74, 6) is -0.239. The summed E-state index contributed by atoms with van der Waals surface area (Å²) in [6.07, 6.45) is 1.95. The molecule has 1 spiro atoms. The molecule has 7 nitrogen and oxygen atoms in total. The molecule has 202 valence electrons. The number of carbonyl (C=O) groups is 3. The van der Waals surface area contributed by atoms with Gasteiger partial charge >= 0.3 is 0 Å². The Hall–Kier alpha value is -4.13. The van der Waals surface area contributed by atoms with Gasteiger partial charge in [-0.3, -0.25) is 14.4 Å². The van der Waals surface area contributed by atoms with E-state index in [2.05, 4.69) is 17.1 Å². The van der Waals surface area contributed by atoms with Crippen LogP contribution in [0.2, 0.25) is 0 Å². The Balaban J connectivity index is 1.31. The Bertz CT molecular complexity index is 1300. The van der Waals surface area contributed by atoms with Crippen LogP contribution in [0.4, 0.5) is 5.69 Å². The molecule has 3 aromatic carbocycles. The summed E-state index contributed by atoms with van der Waals surface area (Å²) in [6.45, 7) is 5.33. The number of hydrogen-bond acceptors (Lipinski definition) is 4. The molecule has 2 aliphatic rings. The van der Waals surface area contributed by atoms with E-state index >= 15 is 0 Å². The van der Waals surface area contributed by atoms with Crippen molar-refractivity contribution in [3.8, 4) is 0 Å². The molecule has 2 fully saturated rings. The highest BCUT2D eigenvalue weighted by molar-refractivity contribution is 5.97. The minimum Gasteiger partial charge on any atom is -0.348 e. The van der Waals surface area contributed by atoms with Gasteiger partial charge in [0.25, 0.3) is 11.8 Å². The minimum absolute atomic E-state index is 0.00431. The summed E-state index contributed by atoms with van der Waals surface area (Å²) in [5, 5.41) is 3.03. The molecule has 1 unspecified atom stereocenters. The topological polar surface area (TPSA) is 73.0 Å². The number of benzene rings is 3. The lowest BCUT2D eigenvalue weighted by Gasteiger charge is -2.43. The molecule has 3 aromatic rings. The molecular formula is C32H36N4O3. The number of rotatable bonds is 7. The Kier molecular flexibility index (Phi) is 7.68. The minimum atomic E-state index is -0.782. The lowest BCUT2D eigenvalue weighted by atomic mass is 9.85. The van der Waals surface area contributed by atoms with Crippen molar-refractivity contribution in [2.75, 3.05) is 31.2 Å². The lowest BCUT2D eigenvalue weighted by molar-refractivity contribution is -0.137. The van der Waals surface area contributed by atoms with Crippen molar-refractivity contribution >= 4 is 23.4 Å². The maximum Gasteiger partial charge on any atom is 0.253 e. The quantitative estimate of drug-likeness (QED) is 0.497. The SMILES string of the molecule is CCc1ccc(C(=O)N2CCC3(CC2)C(=O)N(CC(=O)NC(C)c2ccccc2)CN3c2ccccc2)cc1. The van der Waals surface area contributed by atoms with Crippen LogP contribution >= 0.6 is 0 Å². The van der Waals surface area contributed by atoms with Gasteiger partial charge in [-0.2, -0.15) is 0 Å². The molecule has 1 N–H and O–H groups in total. The van der Waals surface area contributed by atoms with E-state index < -0.39 is 5.54 Å². The number of piperidine rings is 1. The molecule has 2 saturated heterocycles. The predicted octanol–water partition coefficient (Wildman–Crippen LogP) is 4.41. The van der Waals surface area contributed by atoms with Crippen LogP contribution in [0, 0.1) is 0 Å². The molecule has 0 bridgehead atoms. The van der Waals surface area contributed by atoms with Crippen LogP contribution in [-0.4, -0.2) is 59.4 Å². The van der Waals surface area contributed by atoms with Crippen LogP contribution in [0.25, 0.3) is 0 Å². The van der Waals surface area contributed by atoms with Crippen molar-refractivity contribution in [1.29, 1.82) is 0 Å². The largest absolute Gasteiger partial charge is 0.348 e. The third-order valence-corrected chi connectivity index (χ3v) is 8.08. The number of carbonyl (C=O) groups excluding carboxylic acids is 3. The number of nitrogens with zero attached hydrogens (tertiary/aromatic N) is 3. The van der Waals surface area contributed by atoms with Crippen LogP contribution in [0.1, 0.15) is 54.2 Å². The molecular weight excluding hydrogens is 488 g/mol. The van der Waals surface area contributed by atoms with Gasteiger partial charge in [0.1, 0.15) is 12.1 Å². The van der Waals surface area contributed by atoms with Crippen LogP contribution in [0.3, 0.4) is 0 Å². The second-order valence-electron chi connectivity index (χ2n) is 10.5. The molecule has 7 heteroatoms. The van der Waals surface area contributed by atoms with Gasteiger partial charge in [0.05, 0.1) is 12.7 Å². The molecule has 0 saturated carbocycles. The standard InChI is InChI=1S/C32H36N4O3/c1-3-25-14-16-27(17-15-25)30(38)34-20-18-32(19-21-34)31(39)35(23-36(32)28-12-8-5-9-13-28)22-29(37)33-24(2)26-10-6-4-7-11-26/h4-17,24H,3,18-23H2,1-2H3,(H,33,37). The Morgan fingerprint density at radius 1 is 0.897 bits per heavy atom. The van der Waals surface area contributed by atoms with E-state index in [1.807, 2.05) is 96.8 Å². The second-order valence-corrected chi connectivity index (χ2v) is 10.5. The van der Waals surface area contributed by atoms with Gasteiger partial charge in [0, 0.05) is 24.3 Å². The molecule has 2 heterocycles. The van der Waals surface area contributed by atoms with E-state index in [9.17, 15) is 14.4 Å². The number of hydrogen-bond donors (Lipinski definition) is 1. The summed E-state index contributed by atoms with van der Waals surface area (Å²) in [4.78, 5) is 45.8. The molecule has 0 aromatic heterocycles. The third-order valence-electron chi connectivity index (χ3n) is 8.08. The maximum absolute atomic E-state index is 14.0. The molecule has 3 amide bonds. The highest BCUT2D eigenvalue weighted by Crippen LogP contribution is 2.39. The number of nitrogens with one attached hydrogen (secondary N) is 1. The molecule has 0 aliphatic carbocycles. The first-order chi connectivity index (χ1) is 18.9. The van der Waals surface area contributed by atoms with E-state index in [4.69, 9.17) is 0 Å². The first kappa shape index (κ1) is 26.5. The highest BCUT2D eigenvalue weighted by atomic mass is 16.2. The summed E-state index contributed by atoms with van der Waals surface area (Å²) in [6, 6.07) is 27.3. The van der Waals surface area contributed by atoms with E-state index in [0.29, 0.717) is 38.2 Å². The second kappa shape index (κ2) is 11.3. The van der Waals surface area contributed by atoms with Crippen LogP contribution in [0.5, 0.6) is 0 Å². The Labute approximate surface area is 230 Å².